The monoisotopic (exact) mass is 203 g/mol. The second kappa shape index (κ2) is 7.50. The molecule has 0 spiro atoms. The van der Waals surface area contributed by atoms with Crippen molar-refractivity contribution in [2.45, 2.75) is 51.4 Å². The lowest BCUT2D eigenvalue weighted by molar-refractivity contribution is 0.533. The van der Waals surface area contributed by atoms with E-state index in [-0.39, 0.29) is 0 Å². The molecule has 83 valence electrons. The lowest BCUT2D eigenvalue weighted by Gasteiger charge is -2.16. The Morgan fingerprint density at radius 2 is 1.80 bits per heavy atom. The maximum atomic E-state index is 3.90. The molecule has 0 aromatic heterocycles. The van der Waals surface area contributed by atoms with Crippen molar-refractivity contribution < 1.29 is 0 Å². The van der Waals surface area contributed by atoms with Gasteiger partial charge in [0.15, 0.2) is 0 Å². The molecule has 0 saturated carbocycles. The molecule has 15 heavy (non-hydrogen) atoms. The van der Waals surface area contributed by atoms with Gasteiger partial charge in [-0.3, -0.25) is 0 Å². The Morgan fingerprint density at radius 3 is 2.40 bits per heavy atom. The first kappa shape index (κ1) is 12.3. The van der Waals surface area contributed by atoms with E-state index in [2.05, 4.69) is 44.2 Å². The maximum absolute atomic E-state index is 3.90. The van der Waals surface area contributed by atoms with Gasteiger partial charge >= 0.3 is 0 Å². The summed E-state index contributed by atoms with van der Waals surface area (Å²) in [6.45, 7) is 6.18. The molecular formula is C15H23. The van der Waals surface area contributed by atoms with Crippen LogP contribution in [0.2, 0.25) is 0 Å². The van der Waals surface area contributed by atoms with Crippen LogP contribution >= 0.6 is 0 Å². The molecule has 1 aromatic carbocycles. The molecule has 0 aliphatic heterocycles. The van der Waals surface area contributed by atoms with Gasteiger partial charge in [0, 0.05) is 0 Å². The minimum atomic E-state index is 0.766. The van der Waals surface area contributed by atoms with Crippen LogP contribution in [0.1, 0.15) is 56.9 Å². The Morgan fingerprint density at radius 1 is 1.07 bits per heavy atom. The lowest BCUT2D eigenvalue weighted by Crippen LogP contribution is -1.98. The molecule has 0 N–H and O–H groups in total. The van der Waals surface area contributed by atoms with Crippen molar-refractivity contribution in [3.63, 3.8) is 0 Å². The van der Waals surface area contributed by atoms with Crippen molar-refractivity contribution in [2.24, 2.45) is 0 Å². The van der Waals surface area contributed by atoms with Gasteiger partial charge in [-0.15, -0.1) is 0 Å². The maximum Gasteiger partial charge on any atom is -0.0162 e. The molecule has 0 heterocycles. The standard InChI is InChI=1S/C15H23/c1-3-5-7-11-14(10-4-2)15-12-8-6-9-13-15/h6,8-9,12-14H,1,3-5,7,10-11H2,2H3. The molecule has 0 aliphatic carbocycles. The smallest absolute Gasteiger partial charge is 0.0162 e. The van der Waals surface area contributed by atoms with E-state index < -0.39 is 0 Å². The number of unbranched alkanes of at least 4 members (excludes halogenated alkanes) is 2. The van der Waals surface area contributed by atoms with Gasteiger partial charge in [-0.25, -0.2) is 0 Å². The Balaban J connectivity index is 2.50. The lowest BCUT2D eigenvalue weighted by atomic mass is 9.89. The van der Waals surface area contributed by atoms with Gasteiger partial charge in [-0.05, 0) is 24.3 Å². The summed E-state index contributed by atoms with van der Waals surface area (Å²) in [6, 6.07) is 10.9. The Hall–Kier alpha value is -0.780. The molecule has 0 saturated heterocycles. The average molecular weight is 203 g/mol. The second-order valence-corrected chi connectivity index (χ2v) is 4.25. The summed E-state index contributed by atoms with van der Waals surface area (Å²) in [7, 11) is 0. The molecular weight excluding hydrogens is 180 g/mol. The van der Waals surface area contributed by atoms with E-state index in [0.717, 1.165) is 12.3 Å². The van der Waals surface area contributed by atoms with E-state index in [1.807, 2.05) is 0 Å². The zero-order chi connectivity index (χ0) is 10.9. The van der Waals surface area contributed by atoms with Crippen LogP contribution < -0.4 is 0 Å². The minimum Gasteiger partial charge on any atom is -0.0654 e. The Kier molecular flexibility index (Phi) is 6.15. The largest absolute Gasteiger partial charge is 0.0654 e. The zero-order valence-electron chi connectivity index (χ0n) is 9.91. The summed E-state index contributed by atoms with van der Waals surface area (Å²) < 4.78 is 0. The molecule has 1 atom stereocenters. The van der Waals surface area contributed by atoms with Crippen molar-refractivity contribution in [2.75, 3.05) is 0 Å². The fourth-order valence-corrected chi connectivity index (χ4v) is 2.12. The fourth-order valence-electron chi connectivity index (χ4n) is 2.12. The molecule has 0 amide bonds. The van der Waals surface area contributed by atoms with Gasteiger partial charge in [0.05, 0.1) is 0 Å². The van der Waals surface area contributed by atoms with Crippen molar-refractivity contribution in [1.82, 2.24) is 0 Å². The first-order valence-corrected chi connectivity index (χ1v) is 6.22. The van der Waals surface area contributed by atoms with Gasteiger partial charge in [0.25, 0.3) is 0 Å². The molecule has 0 nitrogen and oxygen atoms in total. The predicted octanol–water partition coefficient (Wildman–Crippen LogP) is 4.96. The average Bonchev–Trinajstić information content (AvgIpc) is 2.29. The third-order valence-electron chi connectivity index (χ3n) is 2.96. The van der Waals surface area contributed by atoms with Crippen molar-refractivity contribution >= 4 is 0 Å². The molecule has 1 rings (SSSR count). The van der Waals surface area contributed by atoms with Crippen LogP contribution in [0.25, 0.3) is 0 Å². The minimum absolute atomic E-state index is 0.766. The van der Waals surface area contributed by atoms with Gasteiger partial charge in [0.2, 0.25) is 0 Å². The summed E-state index contributed by atoms with van der Waals surface area (Å²) in [4.78, 5) is 0. The Bertz CT molecular complexity index is 237. The van der Waals surface area contributed by atoms with E-state index in [9.17, 15) is 0 Å². The zero-order valence-corrected chi connectivity index (χ0v) is 9.91. The third-order valence-corrected chi connectivity index (χ3v) is 2.96. The van der Waals surface area contributed by atoms with Crippen LogP contribution in [-0.4, -0.2) is 0 Å². The molecule has 0 heteroatoms. The summed E-state index contributed by atoms with van der Waals surface area (Å²) in [6.07, 6.45) is 7.60. The van der Waals surface area contributed by atoms with Crippen LogP contribution in [0.3, 0.4) is 0 Å². The predicted molar refractivity (Wildman–Crippen MR) is 67.9 cm³/mol. The molecule has 1 aromatic rings. The number of hydrogen-bond acceptors (Lipinski definition) is 0. The van der Waals surface area contributed by atoms with Gasteiger partial charge in [-0.2, -0.15) is 0 Å². The molecule has 0 bridgehead atoms. The number of hydrogen-bond donors (Lipinski definition) is 0. The van der Waals surface area contributed by atoms with E-state index in [1.165, 1.54) is 37.7 Å². The van der Waals surface area contributed by atoms with Gasteiger partial charge < -0.3 is 0 Å². The molecule has 0 aliphatic rings. The summed E-state index contributed by atoms with van der Waals surface area (Å²) in [5.41, 5.74) is 1.52. The van der Waals surface area contributed by atoms with Crippen LogP contribution in [0.5, 0.6) is 0 Å². The van der Waals surface area contributed by atoms with Crippen LogP contribution in [0.15, 0.2) is 30.3 Å². The van der Waals surface area contributed by atoms with Crippen molar-refractivity contribution in [3.05, 3.63) is 42.8 Å². The number of benzene rings is 1. The highest BCUT2D eigenvalue weighted by molar-refractivity contribution is 5.19. The highest BCUT2D eigenvalue weighted by Gasteiger charge is 2.09. The van der Waals surface area contributed by atoms with Crippen LogP contribution in [-0.2, 0) is 0 Å². The van der Waals surface area contributed by atoms with Gasteiger partial charge in [0.1, 0.15) is 0 Å². The van der Waals surface area contributed by atoms with E-state index in [0.29, 0.717) is 0 Å². The summed E-state index contributed by atoms with van der Waals surface area (Å²) in [5, 5.41) is 0. The van der Waals surface area contributed by atoms with Gasteiger partial charge in [-0.1, -0.05) is 69.9 Å². The van der Waals surface area contributed by atoms with E-state index >= 15 is 0 Å². The number of rotatable bonds is 7. The topological polar surface area (TPSA) is 0 Å². The fraction of sp³-hybridized carbons (Fsp3) is 0.533. The first-order valence-electron chi connectivity index (χ1n) is 6.22. The molecule has 1 unspecified atom stereocenters. The first-order chi connectivity index (χ1) is 7.38. The third kappa shape index (κ3) is 4.51. The van der Waals surface area contributed by atoms with Crippen LogP contribution in [0.4, 0.5) is 0 Å². The molecule has 0 fully saturated rings. The highest BCUT2D eigenvalue weighted by Crippen LogP contribution is 2.26. The molecule has 1 radical (unpaired) electrons. The normalized spacial score (nSPS) is 12.7. The van der Waals surface area contributed by atoms with E-state index in [4.69, 9.17) is 0 Å². The quantitative estimate of drug-likeness (QED) is 0.549. The van der Waals surface area contributed by atoms with Crippen LogP contribution in [0, 0.1) is 6.92 Å². The van der Waals surface area contributed by atoms with E-state index in [1.54, 1.807) is 0 Å². The van der Waals surface area contributed by atoms with Crippen molar-refractivity contribution in [3.8, 4) is 0 Å². The summed E-state index contributed by atoms with van der Waals surface area (Å²) >= 11 is 0. The Labute approximate surface area is 94.7 Å². The summed E-state index contributed by atoms with van der Waals surface area (Å²) in [5.74, 6) is 0.766. The van der Waals surface area contributed by atoms with Crippen molar-refractivity contribution in [1.29, 1.82) is 0 Å². The second-order valence-electron chi connectivity index (χ2n) is 4.25. The SMILES string of the molecule is [CH2]CCCCC(CCC)c1ccccc1. The highest BCUT2D eigenvalue weighted by atomic mass is 14.1.